The van der Waals surface area contributed by atoms with Crippen LogP contribution in [-0.4, -0.2) is 27.8 Å². The van der Waals surface area contributed by atoms with E-state index in [9.17, 15) is 14.8 Å². The number of hydrogen-bond donors (Lipinski definition) is 2. The molecule has 0 atom stereocenters. The lowest BCUT2D eigenvalue weighted by Gasteiger charge is -2.09. The van der Waals surface area contributed by atoms with Gasteiger partial charge in [0.1, 0.15) is 17.8 Å². The largest absolute Gasteiger partial charge is 0.424 e. The third-order valence-corrected chi connectivity index (χ3v) is 3.63. The molecule has 0 saturated heterocycles. The Bertz CT molecular complexity index is 633. The Hall–Kier alpha value is -2.37. The first kappa shape index (κ1) is 19.7. The van der Waals surface area contributed by atoms with Crippen molar-refractivity contribution in [3.8, 4) is 0 Å². The van der Waals surface area contributed by atoms with Gasteiger partial charge in [0.15, 0.2) is 0 Å². The SMILES string of the molecule is C/C=C(\C=C/CC)CCCNc1cnc(CCCC=O)n(O)c1=O. The maximum atomic E-state index is 12.1. The van der Waals surface area contributed by atoms with Gasteiger partial charge in [0.25, 0.3) is 0 Å². The van der Waals surface area contributed by atoms with Crippen molar-refractivity contribution in [3.63, 3.8) is 0 Å². The van der Waals surface area contributed by atoms with Crippen molar-refractivity contribution < 1.29 is 10.0 Å². The van der Waals surface area contributed by atoms with E-state index in [2.05, 4.69) is 35.5 Å². The van der Waals surface area contributed by atoms with Crippen molar-refractivity contribution in [2.45, 2.75) is 52.4 Å². The number of rotatable bonds is 11. The average molecular weight is 333 g/mol. The third-order valence-electron chi connectivity index (χ3n) is 3.63. The first-order chi connectivity index (χ1) is 11.6. The Morgan fingerprint density at radius 3 is 2.88 bits per heavy atom. The van der Waals surface area contributed by atoms with Crippen LogP contribution >= 0.6 is 0 Å². The molecule has 0 aliphatic carbocycles. The molecule has 0 fully saturated rings. The van der Waals surface area contributed by atoms with Gasteiger partial charge in [0.05, 0.1) is 6.20 Å². The summed E-state index contributed by atoms with van der Waals surface area (Å²) in [6, 6.07) is 0. The number of aromatic nitrogens is 2. The number of carbonyl (C=O) groups is 1. The molecule has 1 rings (SSSR count). The second kappa shape index (κ2) is 11.2. The second-order valence-corrected chi connectivity index (χ2v) is 5.47. The number of hydrogen-bond acceptors (Lipinski definition) is 5. The van der Waals surface area contributed by atoms with Crippen LogP contribution in [0.5, 0.6) is 0 Å². The number of carbonyl (C=O) groups excluding carboxylic acids is 1. The molecular formula is C18H27N3O3. The van der Waals surface area contributed by atoms with E-state index in [1.165, 1.54) is 11.8 Å². The molecule has 1 aromatic heterocycles. The minimum absolute atomic E-state index is 0.272. The van der Waals surface area contributed by atoms with Gasteiger partial charge in [0.2, 0.25) is 0 Å². The summed E-state index contributed by atoms with van der Waals surface area (Å²) in [7, 11) is 0. The smallest absolute Gasteiger partial charge is 0.309 e. The molecule has 132 valence electrons. The maximum Gasteiger partial charge on any atom is 0.309 e. The topological polar surface area (TPSA) is 84.2 Å². The van der Waals surface area contributed by atoms with Gasteiger partial charge < -0.3 is 15.3 Å². The Morgan fingerprint density at radius 2 is 2.21 bits per heavy atom. The molecule has 0 amide bonds. The number of allylic oxidation sites excluding steroid dienone is 4. The van der Waals surface area contributed by atoms with E-state index >= 15 is 0 Å². The molecule has 0 aliphatic rings. The zero-order valence-electron chi connectivity index (χ0n) is 14.5. The fraction of sp³-hybridized carbons (Fsp3) is 0.500. The minimum atomic E-state index is -0.511. The number of unbranched alkanes of at least 4 members (excludes halogenated alkanes) is 1. The van der Waals surface area contributed by atoms with Crippen molar-refractivity contribution in [2.24, 2.45) is 0 Å². The van der Waals surface area contributed by atoms with E-state index in [4.69, 9.17) is 0 Å². The molecule has 6 heteroatoms. The van der Waals surface area contributed by atoms with Crippen LogP contribution in [0, 0.1) is 0 Å². The summed E-state index contributed by atoms with van der Waals surface area (Å²) in [5.74, 6) is 0.272. The summed E-state index contributed by atoms with van der Waals surface area (Å²) in [6.45, 7) is 4.74. The van der Waals surface area contributed by atoms with Crippen LogP contribution in [-0.2, 0) is 11.2 Å². The molecule has 1 heterocycles. The van der Waals surface area contributed by atoms with Crippen molar-refractivity contribution in [2.75, 3.05) is 11.9 Å². The van der Waals surface area contributed by atoms with Gasteiger partial charge >= 0.3 is 5.56 Å². The van der Waals surface area contributed by atoms with Crippen LogP contribution in [0.15, 0.2) is 34.8 Å². The Labute approximate surface area is 142 Å². The van der Waals surface area contributed by atoms with E-state index in [1.807, 2.05) is 6.92 Å². The number of aldehydes is 1. The summed E-state index contributed by atoms with van der Waals surface area (Å²) in [6.07, 6.45) is 12.7. The highest BCUT2D eigenvalue weighted by atomic mass is 16.5. The highest BCUT2D eigenvalue weighted by Gasteiger charge is 2.09. The van der Waals surface area contributed by atoms with Crippen LogP contribution < -0.4 is 10.9 Å². The number of anilines is 1. The Balaban J connectivity index is 2.54. The number of aryl methyl sites for hydroxylation is 1. The third kappa shape index (κ3) is 6.40. The molecule has 2 N–H and O–H groups in total. The number of nitrogens with one attached hydrogen (secondary N) is 1. The van der Waals surface area contributed by atoms with E-state index in [0.29, 0.717) is 30.5 Å². The highest BCUT2D eigenvalue weighted by Crippen LogP contribution is 2.08. The lowest BCUT2D eigenvalue weighted by atomic mass is 10.1. The van der Waals surface area contributed by atoms with E-state index in [-0.39, 0.29) is 11.5 Å². The molecule has 0 saturated carbocycles. The Kier molecular flexibility index (Phi) is 9.19. The molecule has 0 bridgehead atoms. The van der Waals surface area contributed by atoms with Crippen LogP contribution in [0.3, 0.4) is 0 Å². The van der Waals surface area contributed by atoms with E-state index < -0.39 is 5.56 Å². The minimum Gasteiger partial charge on any atom is -0.424 e. The quantitative estimate of drug-likeness (QED) is 0.281. The fourth-order valence-electron chi connectivity index (χ4n) is 2.22. The van der Waals surface area contributed by atoms with Gasteiger partial charge in [-0.3, -0.25) is 4.79 Å². The molecule has 0 unspecified atom stereocenters. The highest BCUT2D eigenvalue weighted by molar-refractivity contribution is 5.49. The first-order valence-electron chi connectivity index (χ1n) is 8.43. The monoisotopic (exact) mass is 333 g/mol. The van der Waals surface area contributed by atoms with Gasteiger partial charge in [-0.15, -0.1) is 4.73 Å². The molecule has 0 spiro atoms. The normalized spacial score (nSPS) is 11.8. The zero-order chi connectivity index (χ0) is 17.8. The molecular weight excluding hydrogens is 306 g/mol. The average Bonchev–Trinajstić information content (AvgIpc) is 2.59. The molecule has 6 nitrogen and oxygen atoms in total. The molecule has 24 heavy (non-hydrogen) atoms. The number of nitrogens with zero attached hydrogens (tertiary/aromatic N) is 2. The summed E-state index contributed by atoms with van der Waals surface area (Å²) >= 11 is 0. The maximum absolute atomic E-state index is 12.1. The summed E-state index contributed by atoms with van der Waals surface area (Å²) in [5.41, 5.74) is 1.04. The van der Waals surface area contributed by atoms with E-state index in [0.717, 1.165) is 25.5 Å². The van der Waals surface area contributed by atoms with Crippen LogP contribution in [0.4, 0.5) is 5.69 Å². The molecule has 0 aromatic carbocycles. The second-order valence-electron chi connectivity index (χ2n) is 5.47. The van der Waals surface area contributed by atoms with Gasteiger partial charge in [-0.2, -0.15) is 0 Å². The van der Waals surface area contributed by atoms with Crippen molar-refractivity contribution >= 4 is 12.0 Å². The van der Waals surface area contributed by atoms with Crippen molar-refractivity contribution in [1.29, 1.82) is 0 Å². The molecule has 0 radical (unpaired) electrons. The fourth-order valence-corrected chi connectivity index (χ4v) is 2.22. The predicted molar refractivity (Wildman–Crippen MR) is 95.6 cm³/mol. The van der Waals surface area contributed by atoms with E-state index in [1.54, 1.807) is 0 Å². The summed E-state index contributed by atoms with van der Waals surface area (Å²) < 4.78 is 0.564. The van der Waals surface area contributed by atoms with Crippen LogP contribution in [0.25, 0.3) is 0 Å². The van der Waals surface area contributed by atoms with Crippen molar-refractivity contribution in [1.82, 2.24) is 9.71 Å². The molecule has 0 aliphatic heterocycles. The van der Waals surface area contributed by atoms with Gasteiger partial charge in [0, 0.05) is 19.4 Å². The van der Waals surface area contributed by atoms with Gasteiger partial charge in [-0.05, 0) is 32.6 Å². The predicted octanol–water partition coefficient (Wildman–Crippen LogP) is 3.11. The Morgan fingerprint density at radius 1 is 1.42 bits per heavy atom. The first-order valence-corrected chi connectivity index (χ1v) is 8.43. The summed E-state index contributed by atoms with van der Waals surface area (Å²) in [4.78, 5) is 26.5. The van der Waals surface area contributed by atoms with Gasteiger partial charge in [-0.1, -0.05) is 30.7 Å². The summed E-state index contributed by atoms with van der Waals surface area (Å²) in [5, 5.41) is 12.9. The van der Waals surface area contributed by atoms with Crippen LogP contribution in [0.2, 0.25) is 0 Å². The standard InChI is InChI=1S/C18H27N3O3/c1-3-5-9-15(4-2)10-8-12-19-16-14-20-17(11-6-7-13-22)21(24)18(16)23/h4-5,9,13-14,19,24H,3,6-8,10-12H2,1-2H3/b9-5-,15-4+. The zero-order valence-corrected chi connectivity index (χ0v) is 14.5. The lowest BCUT2D eigenvalue weighted by Crippen LogP contribution is -2.26. The van der Waals surface area contributed by atoms with Gasteiger partial charge in [-0.25, -0.2) is 4.98 Å². The van der Waals surface area contributed by atoms with Crippen molar-refractivity contribution in [3.05, 3.63) is 46.2 Å². The lowest BCUT2D eigenvalue weighted by molar-refractivity contribution is -0.107. The van der Waals surface area contributed by atoms with Crippen LogP contribution in [0.1, 0.15) is 51.8 Å². The molecule has 1 aromatic rings.